The van der Waals surface area contributed by atoms with E-state index < -0.39 is 5.60 Å². The molecule has 0 aliphatic rings. The number of carbonyl (C=O) groups excluding carboxylic acids is 2. The quantitative estimate of drug-likeness (QED) is 0.493. The smallest absolute Gasteiger partial charge is 0.338 e. The minimum Gasteiger partial charge on any atom is -0.456 e. The van der Waals surface area contributed by atoms with E-state index in [2.05, 4.69) is 41.7 Å². The van der Waals surface area contributed by atoms with Crippen LogP contribution in [0, 0.1) is 5.92 Å². The van der Waals surface area contributed by atoms with Gasteiger partial charge < -0.3 is 10.1 Å². The zero-order chi connectivity index (χ0) is 22.4. The number of anilines is 1. The van der Waals surface area contributed by atoms with E-state index in [1.807, 2.05) is 45.9 Å². The third kappa shape index (κ3) is 6.54. The van der Waals surface area contributed by atoms with Crippen molar-refractivity contribution in [3.8, 4) is 11.1 Å². The first-order valence-corrected chi connectivity index (χ1v) is 10.5. The Balaban J connectivity index is 1.56. The molecule has 0 aliphatic carbocycles. The van der Waals surface area contributed by atoms with Crippen molar-refractivity contribution in [2.75, 3.05) is 5.32 Å². The topological polar surface area (TPSA) is 55.4 Å². The molecule has 0 spiro atoms. The summed E-state index contributed by atoms with van der Waals surface area (Å²) in [6, 6.07) is 25.3. The monoisotopic (exact) mass is 415 g/mol. The number of benzene rings is 3. The summed E-state index contributed by atoms with van der Waals surface area (Å²) in [5, 5.41) is 2.92. The van der Waals surface area contributed by atoms with Crippen molar-refractivity contribution < 1.29 is 14.3 Å². The van der Waals surface area contributed by atoms with Crippen LogP contribution in [0.2, 0.25) is 0 Å². The van der Waals surface area contributed by atoms with Crippen molar-refractivity contribution in [3.05, 3.63) is 90.0 Å². The van der Waals surface area contributed by atoms with Gasteiger partial charge in [0, 0.05) is 11.6 Å². The summed E-state index contributed by atoms with van der Waals surface area (Å²) in [4.78, 5) is 24.7. The minimum atomic E-state index is -0.543. The van der Waals surface area contributed by atoms with E-state index in [1.54, 1.807) is 24.3 Å². The van der Waals surface area contributed by atoms with Crippen LogP contribution in [-0.2, 0) is 16.0 Å². The van der Waals surface area contributed by atoms with Gasteiger partial charge in [-0.1, -0.05) is 61.5 Å². The van der Waals surface area contributed by atoms with Crippen LogP contribution >= 0.6 is 0 Å². The van der Waals surface area contributed by atoms with Crippen molar-refractivity contribution in [1.82, 2.24) is 0 Å². The molecule has 0 saturated heterocycles. The summed E-state index contributed by atoms with van der Waals surface area (Å²) in [6.45, 7) is 7.40. The second kappa shape index (κ2) is 9.61. The third-order valence-electron chi connectivity index (χ3n) is 4.84. The standard InChI is InChI=1S/C27H29NO3/c1-19(18-20-10-12-22(13-11-20)21-8-6-5-7-9-21)25(29)28-24-16-14-23(15-17-24)26(30)31-27(2,3)4/h5-17,19H,18H2,1-4H3,(H,28,29)/t19-/m0/s1. The molecular formula is C27H29NO3. The molecule has 0 aliphatic heterocycles. The number of esters is 1. The predicted octanol–water partition coefficient (Wildman–Crippen LogP) is 6.13. The molecule has 31 heavy (non-hydrogen) atoms. The number of hydrogen-bond acceptors (Lipinski definition) is 3. The van der Waals surface area contributed by atoms with Crippen molar-refractivity contribution >= 4 is 17.6 Å². The Kier molecular flexibility index (Phi) is 6.91. The molecule has 0 fully saturated rings. The highest BCUT2D eigenvalue weighted by Gasteiger charge is 2.18. The number of carbonyl (C=O) groups is 2. The lowest BCUT2D eigenvalue weighted by atomic mass is 9.97. The molecule has 0 unspecified atom stereocenters. The van der Waals surface area contributed by atoms with Gasteiger partial charge in [-0.2, -0.15) is 0 Å². The van der Waals surface area contributed by atoms with Crippen molar-refractivity contribution in [3.63, 3.8) is 0 Å². The maximum atomic E-state index is 12.6. The zero-order valence-corrected chi connectivity index (χ0v) is 18.5. The summed E-state index contributed by atoms with van der Waals surface area (Å²) in [7, 11) is 0. The summed E-state index contributed by atoms with van der Waals surface area (Å²) in [5.41, 5.74) is 4.02. The van der Waals surface area contributed by atoms with E-state index >= 15 is 0 Å². The molecular weight excluding hydrogens is 386 g/mol. The molecule has 0 bridgehead atoms. The van der Waals surface area contributed by atoms with Crippen LogP contribution in [0.15, 0.2) is 78.9 Å². The number of amides is 1. The van der Waals surface area contributed by atoms with Gasteiger partial charge in [-0.3, -0.25) is 4.79 Å². The molecule has 0 heterocycles. The van der Waals surface area contributed by atoms with Gasteiger partial charge in [0.15, 0.2) is 0 Å². The molecule has 3 aromatic carbocycles. The minimum absolute atomic E-state index is 0.0582. The van der Waals surface area contributed by atoms with Crippen LogP contribution in [-0.4, -0.2) is 17.5 Å². The second-order valence-electron chi connectivity index (χ2n) is 8.74. The normalized spacial score (nSPS) is 12.1. The third-order valence-corrected chi connectivity index (χ3v) is 4.84. The molecule has 3 aromatic rings. The van der Waals surface area contributed by atoms with Crippen LogP contribution in [0.4, 0.5) is 5.69 Å². The number of nitrogens with one attached hydrogen (secondary N) is 1. The number of ether oxygens (including phenoxy) is 1. The lowest BCUT2D eigenvalue weighted by molar-refractivity contribution is -0.119. The van der Waals surface area contributed by atoms with E-state index in [0.717, 1.165) is 11.1 Å². The van der Waals surface area contributed by atoms with Gasteiger partial charge in [0.1, 0.15) is 5.60 Å². The van der Waals surface area contributed by atoms with Crippen molar-refractivity contribution in [2.45, 2.75) is 39.7 Å². The first-order chi connectivity index (χ1) is 14.7. The maximum absolute atomic E-state index is 12.6. The molecule has 1 N–H and O–H groups in total. The highest BCUT2D eigenvalue weighted by atomic mass is 16.6. The Hall–Kier alpha value is -3.40. The van der Waals surface area contributed by atoms with Crippen molar-refractivity contribution in [1.29, 1.82) is 0 Å². The SMILES string of the molecule is C[C@@H](Cc1ccc(-c2ccccc2)cc1)C(=O)Nc1ccc(C(=O)OC(C)(C)C)cc1. The van der Waals surface area contributed by atoms with Crippen molar-refractivity contribution in [2.24, 2.45) is 5.92 Å². The van der Waals surface area contributed by atoms with Gasteiger partial charge in [0.05, 0.1) is 5.56 Å². The van der Waals surface area contributed by atoms with Crippen LogP contribution < -0.4 is 5.32 Å². The van der Waals surface area contributed by atoms with Gasteiger partial charge in [-0.25, -0.2) is 4.79 Å². The van der Waals surface area contributed by atoms with Crippen LogP contribution in [0.3, 0.4) is 0 Å². The van der Waals surface area contributed by atoms with E-state index in [-0.39, 0.29) is 17.8 Å². The Morgan fingerprint density at radius 3 is 2.00 bits per heavy atom. The Labute approximate surface area is 184 Å². The molecule has 4 heteroatoms. The summed E-state index contributed by atoms with van der Waals surface area (Å²) >= 11 is 0. The largest absolute Gasteiger partial charge is 0.456 e. The Bertz CT molecular complexity index is 1020. The lowest BCUT2D eigenvalue weighted by Gasteiger charge is -2.19. The fourth-order valence-corrected chi connectivity index (χ4v) is 3.20. The van der Waals surface area contributed by atoms with E-state index in [4.69, 9.17) is 4.74 Å². The summed E-state index contributed by atoms with van der Waals surface area (Å²) in [6.07, 6.45) is 0.650. The number of hydrogen-bond donors (Lipinski definition) is 1. The highest BCUT2D eigenvalue weighted by molar-refractivity contribution is 5.94. The fourth-order valence-electron chi connectivity index (χ4n) is 3.20. The molecule has 0 saturated carbocycles. The first kappa shape index (κ1) is 22.3. The lowest BCUT2D eigenvalue weighted by Crippen LogP contribution is -2.24. The predicted molar refractivity (Wildman–Crippen MR) is 125 cm³/mol. The average molecular weight is 416 g/mol. The van der Waals surface area contributed by atoms with E-state index in [1.165, 1.54) is 5.56 Å². The number of rotatable bonds is 6. The van der Waals surface area contributed by atoms with Gasteiger partial charge in [-0.15, -0.1) is 0 Å². The fraction of sp³-hybridized carbons (Fsp3) is 0.259. The van der Waals surface area contributed by atoms with Gasteiger partial charge in [0.25, 0.3) is 0 Å². The van der Waals surface area contributed by atoms with Gasteiger partial charge in [-0.05, 0) is 68.1 Å². The molecule has 3 rings (SSSR count). The summed E-state index contributed by atoms with van der Waals surface area (Å²) < 4.78 is 5.36. The zero-order valence-electron chi connectivity index (χ0n) is 18.5. The van der Waals surface area contributed by atoms with Gasteiger partial charge in [0.2, 0.25) is 5.91 Å². The van der Waals surface area contributed by atoms with Crippen LogP contribution in [0.1, 0.15) is 43.6 Å². The molecule has 1 atom stereocenters. The molecule has 4 nitrogen and oxygen atoms in total. The van der Waals surface area contributed by atoms with Crippen LogP contribution in [0.5, 0.6) is 0 Å². The summed E-state index contributed by atoms with van der Waals surface area (Å²) in [5.74, 6) is -0.622. The Morgan fingerprint density at radius 1 is 0.839 bits per heavy atom. The molecule has 0 aromatic heterocycles. The molecule has 160 valence electrons. The average Bonchev–Trinajstić information content (AvgIpc) is 2.74. The molecule has 1 amide bonds. The van der Waals surface area contributed by atoms with Crippen LogP contribution in [0.25, 0.3) is 11.1 Å². The van der Waals surface area contributed by atoms with Gasteiger partial charge >= 0.3 is 5.97 Å². The van der Waals surface area contributed by atoms with E-state index in [9.17, 15) is 9.59 Å². The van der Waals surface area contributed by atoms with E-state index in [0.29, 0.717) is 17.7 Å². The first-order valence-electron chi connectivity index (χ1n) is 10.5. The maximum Gasteiger partial charge on any atom is 0.338 e. The second-order valence-corrected chi connectivity index (χ2v) is 8.74. The highest BCUT2D eigenvalue weighted by Crippen LogP contribution is 2.21. The molecule has 0 radical (unpaired) electrons. The Morgan fingerprint density at radius 2 is 1.42 bits per heavy atom.